The van der Waals surface area contributed by atoms with Crippen LogP contribution < -0.4 is 5.32 Å². The van der Waals surface area contributed by atoms with Crippen LogP contribution in [-0.2, 0) is 17.6 Å². The molecule has 2 heterocycles. The van der Waals surface area contributed by atoms with Crippen LogP contribution in [0.5, 0.6) is 0 Å². The van der Waals surface area contributed by atoms with Gasteiger partial charge in [-0.3, -0.25) is 13.9 Å². The number of nitrogens with zero attached hydrogens (tertiary/aromatic N) is 5. The Hall–Kier alpha value is -3.83. The number of rotatable bonds is 7. The number of hydrogen-bond acceptors (Lipinski definition) is 5. The van der Waals surface area contributed by atoms with Crippen LogP contribution in [-0.4, -0.2) is 31.0 Å². The topological polar surface area (TPSA) is 88.5 Å². The van der Waals surface area contributed by atoms with E-state index in [2.05, 4.69) is 30.7 Å². The average Bonchev–Trinajstić information content (AvgIpc) is 3.60. The number of nitriles is 1. The van der Waals surface area contributed by atoms with Gasteiger partial charge >= 0.3 is 0 Å². The lowest BCUT2D eigenvalue weighted by molar-refractivity contribution is -0.113. The van der Waals surface area contributed by atoms with Crippen LogP contribution in [0.4, 0.5) is 5.82 Å². The molecule has 0 aliphatic heterocycles. The maximum atomic E-state index is 13.2. The molecule has 1 saturated carbocycles. The first-order chi connectivity index (χ1) is 17.7. The number of nitrogens with one attached hydrogen (secondary N) is 1. The number of anilines is 1. The van der Waals surface area contributed by atoms with Crippen molar-refractivity contribution >= 4 is 23.5 Å². The molecule has 0 spiro atoms. The molecular weight excluding hydrogens is 468 g/mol. The van der Waals surface area contributed by atoms with Gasteiger partial charge in [-0.2, -0.15) is 5.26 Å². The Bertz CT molecular complexity index is 1450. The van der Waals surface area contributed by atoms with Gasteiger partial charge in [0.05, 0.1) is 11.3 Å². The quantitative estimate of drug-likeness (QED) is 0.347. The Morgan fingerprint density at radius 2 is 1.64 bits per heavy atom. The summed E-state index contributed by atoms with van der Waals surface area (Å²) in [6.07, 6.45) is 6.13. The van der Waals surface area contributed by atoms with Gasteiger partial charge in [0.25, 0.3) is 0 Å². The third-order valence-electron chi connectivity index (χ3n) is 6.80. The Balaban J connectivity index is 1.28. The fourth-order valence-corrected chi connectivity index (χ4v) is 5.75. The zero-order chi connectivity index (χ0) is 24.5. The van der Waals surface area contributed by atoms with Crippen molar-refractivity contribution < 1.29 is 4.79 Å². The van der Waals surface area contributed by atoms with E-state index >= 15 is 0 Å². The van der Waals surface area contributed by atoms with Crippen LogP contribution in [0.1, 0.15) is 54.2 Å². The van der Waals surface area contributed by atoms with Crippen molar-refractivity contribution in [1.29, 1.82) is 5.26 Å². The van der Waals surface area contributed by atoms with Crippen molar-refractivity contribution in [3.05, 3.63) is 83.3 Å². The lowest BCUT2D eigenvalue weighted by Crippen LogP contribution is -2.18. The number of carbonyl (C=O) groups is 1. The molecule has 7 nitrogen and oxygen atoms in total. The van der Waals surface area contributed by atoms with Crippen molar-refractivity contribution in [2.75, 3.05) is 11.1 Å². The number of fused-ring (bicyclic) bond motifs is 1. The van der Waals surface area contributed by atoms with Gasteiger partial charge in [0.2, 0.25) is 5.91 Å². The summed E-state index contributed by atoms with van der Waals surface area (Å²) in [6, 6.07) is 22.4. The maximum absolute atomic E-state index is 13.2. The Morgan fingerprint density at radius 1 is 0.972 bits per heavy atom. The molecule has 1 N–H and O–H groups in total. The molecule has 1 fully saturated rings. The monoisotopic (exact) mass is 494 g/mol. The first-order valence-electron chi connectivity index (χ1n) is 12.4. The van der Waals surface area contributed by atoms with Crippen molar-refractivity contribution in [3.63, 3.8) is 0 Å². The van der Waals surface area contributed by atoms with Crippen LogP contribution >= 0.6 is 11.8 Å². The molecule has 36 heavy (non-hydrogen) atoms. The maximum Gasteiger partial charge on any atom is 0.236 e. The number of hydrogen-bond donors (Lipinski definition) is 1. The summed E-state index contributed by atoms with van der Waals surface area (Å²) < 4.78 is 4.13. The number of thioether (sulfide) groups is 1. The van der Waals surface area contributed by atoms with E-state index < -0.39 is 0 Å². The number of benzene rings is 2. The van der Waals surface area contributed by atoms with Crippen LogP contribution in [0.15, 0.2) is 65.8 Å². The molecule has 4 aromatic rings. The molecule has 8 heteroatoms. The van der Waals surface area contributed by atoms with E-state index in [1.165, 1.54) is 11.8 Å². The third kappa shape index (κ3) is 4.20. The second-order valence-corrected chi connectivity index (χ2v) is 10.2. The van der Waals surface area contributed by atoms with Crippen molar-refractivity contribution in [1.82, 2.24) is 19.3 Å². The predicted octanol–water partition coefficient (Wildman–Crippen LogP) is 5.42. The Kier molecular flexibility index (Phi) is 6.08. The summed E-state index contributed by atoms with van der Waals surface area (Å²) in [5, 5.41) is 22.7. The molecule has 2 aliphatic carbocycles. The van der Waals surface area contributed by atoms with Gasteiger partial charge in [-0.25, -0.2) is 0 Å². The van der Waals surface area contributed by atoms with Crippen molar-refractivity contribution in [2.24, 2.45) is 0 Å². The predicted molar refractivity (Wildman–Crippen MR) is 140 cm³/mol. The summed E-state index contributed by atoms with van der Waals surface area (Å²) in [4.78, 5) is 13.2. The second-order valence-electron chi connectivity index (χ2n) is 9.26. The molecule has 0 unspecified atom stereocenters. The van der Waals surface area contributed by atoms with E-state index in [1.54, 1.807) is 0 Å². The highest BCUT2D eigenvalue weighted by Crippen LogP contribution is 2.41. The second kappa shape index (κ2) is 9.67. The molecule has 2 aliphatic rings. The van der Waals surface area contributed by atoms with E-state index in [1.807, 2.05) is 60.7 Å². The first kappa shape index (κ1) is 22.6. The van der Waals surface area contributed by atoms with Gasteiger partial charge in [-0.1, -0.05) is 48.2 Å². The molecule has 2 aromatic carbocycles. The minimum Gasteiger partial charge on any atom is -0.310 e. The summed E-state index contributed by atoms with van der Waals surface area (Å²) in [7, 11) is 0. The molecule has 1 amide bonds. The average molecular weight is 495 g/mol. The molecule has 0 saturated heterocycles. The smallest absolute Gasteiger partial charge is 0.236 e. The van der Waals surface area contributed by atoms with E-state index in [9.17, 15) is 10.1 Å². The Morgan fingerprint density at radius 3 is 2.31 bits per heavy atom. The number of para-hydroxylation sites is 2. The first-order valence-corrected chi connectivity index (χ1v) is 13.4. The van der Waals surface area contributed by atoms with E-state index in [4.69, 9.17) is 0 Å². The van der Waals surface area contributed by atoms with Gasteiger partial charge in [0, 0.05) is 23.0 Å². The SMILES string of the molecule is N#Cc1c2c(n(-c3ccccc3)c1NC(=O)CSc1nnc(C3CC3)n1-c1ccccc1)CCCC2. The van der Waals surface area contributed by atoms with Gasteiger partial charge < -0.3 is 5.32 Å². The van der Waals surface area contributed by atoms with Gasteiger partial charge in [0.15, 0.2) is 5.16 Å². The lowest BCUT2D eigenvalue weighted by Gasteiger charge is -2.17. The zero-order valence-electron chi connectivity index (χ0n) is 19.9. The molecule has 2 aromatic heterocycles. The molecule has 180 valence electrons. The minimum absolute atomic E-state index is 0.167. The lowest BCUT2D eigenvalue weighted by atomic mass is 9.95. The number of carbonyl (C=O) groups excluding carboxylic acids is 1. The van der Waals surface area contributed by atoms with Crippen LogP contribution in [0, 0.1) is 11.3 Å². The zero-order valence-corrected chi connectivity index (χ0v) is 20.7. The highest BCUT2D eigenvalue weighted by molar-refractivity contribution is 7.99. The normalized spacial score (nSPS) is 14.8. The highest BCUT2D eigenvalue weighted by Gasteiger charge is 2.31. The van der Waals surface area contributed by atoms with Gasteiger partial charge in [-0.05, 0) is 68.4 Å². The molecule has 0 atom stereocenters. The highest BCUT2D eigenvalue weighted by atomic mass is 32.2. The summed E-state index contributed by atoms with van der Waals surface area (Å²) in [5.41, 5.74) is 4.73. The standard InChI is InChI=1S/C28H26N6OS/c29-17-23-22-13-7-8-14-24(22)33(20-9-3-1-4-10-20)27(23)30-25(35)18-36-28-32-31-26(19-15-16-19)34(28)21-11-5-2-6-12-21/h1-6,9-12,19H,7-8,13-16,18H2,(H,30,35). The third-order valence-corrected chi connectivity index (χ3v) is 7.73. The summed E-state index contributed by atoms with van der Waals surface area (Å²) >= 11 is 1.37. The minimum atomic E-state index is -0.167. The molecular formula is C28H26N6OS. The summed E-state index contributed by atoms with van der Waals surface area (Å²) in [5.74, 6) is 1.97. The van der Waals surface area contributed by atoms with Crippen LogP contribution in [0.25, 0.3) is 11.4 Å². The van der Waals surface area contributed by atoms with Crippen molar-refractivity contribution in [3.8, 4) is 17.4 Å². The number of aromatic nitrogens is 4. The van der Waals surface area contributed by atoms with Crippen LogP contribution in [0.2, 0.25) is 0 Å². The van der Waals surface area contributed by atoms with Gasteiger partial charge in [-0.15, -0.1) is 10.2 Å². The molecule has 0 radical (unpaired) electrons. The van der Waals surface area contributed by atoms with Crippen molar-refractivity contribution in [2.45, 2.75) is 49.6 Å². The largest absolute Gasteiger partial charge is 0.310 e. The van der Waals surface area contributed by atoms with E-state index in [-0.39, 0.29) is 11.7 Å². The molecule has 6 rings (SSSR count). The fraction of sp³-hybridized carbons (Fsp3) is 0.286. The van der Waals surface area contributed by atoms with E-state index in [0.29, 0.717) is 22.5 Å². The van der Waals surface area contributed by atoms with E-state index in [0.717, 1.165) is 67.0 Å². The van der Waals surface area contributed by atoms with Crippen LogP contribution in [0.3, 0.4) is 0 Å². The fourth-order valence-electron chi connectivity index (χ4n) is 4.99. The number of amides is 1. The molecule has 0 bridgehead atoms. The summed E-state index contributed by atoms with van der Waals surface area (Å²) in [6.45, 7) is 0. The van der Waals surface area contributed by atoms with Gasteiger partial charge in [0.1, 0.15) is 17.7 Å². The Labute approximate surface area is 214 Å².